The number of hydrogen-bond donors (Lipinski definition) is 1. The van der Waals surface area contributed by atoms with E-state index in [0.717, 1.165) is 48.9 Å². The minimum absolute atomic E-state index is 0.0463. The molecule has 0 aliphatic heterocycles. The molecule has 0 aromatic heterocycles. The third-order valence-electron chi connectivity index (χ3n) is 10.4. The second-order valence-corrected chi connectivity index (χ2v) is 11.4. The summed E-state index contributed by atoms with van der Waals surface area (Å²) < 4.78 is 4.88. The summed E-state index contributed by atoms with van der Waals surface area (Å²) in [4.78, 5) is 11.6. The van der Waals surface area contributed by atoms with Crippen LogP contribution in [0.2, 0.25) is 0 Å². The van der Waals surface area contributed by atoms with E-state index in [0.29, 0.717) is 23.2 Å². The molecule has 0 heterocycles. The van der Waals surface area contributed by atoms with Crippen LogP contribution in [0, 0.1) is 46.3 Å². The zero-order valence-electron chi connectivity index (χ0n) is 18.6. The van der Waals surface area contributed by atoms with Gasteiger partial charge in [0, 0.05) is 6.42 Å². The van der Waals surface area contributed by atoms with Gasteiger partial charge >= 0.3 is 5.97 Å². The standard InChI is InChI=1S/C25H42O3/c1-16(5-10-23(27)28-4)20-8-9-21-19-7-6-17-15-18(26)11-13-24(17,2)22(19)12-14-25(20,21)3/h16-22,26H,5-15H2,1-4H3/t16-,17-,18-,19+,20-,21+,22?,24+,25-/m1/s1. The van der Waals surface area contributed by atoms with E-state index in [1.165, 1.54) is 52.1 Å². The van der Waals surface area contributed by atoms with E-state index in [4.69, 9.17) is 4.74 Å². The van der Waals surface area contributed by atoms with Gasteiger partial charge in [0.2, 0.25) is 0 Å². The molecule has 4 fully saturated rings. The maximum atomic E-state index is 11.6. The van der Waals surface area contributed by atoms with Gasteiger partial charge in [0.05, 0.1) is 13.2 Å². The average molecular weight is 391 g/mol. The van der Waals surface area contributed by atoms with Crippen molar-refractivity contribution in [1.29, 1.82) is 0 Å². The van der Waals surface area contributed by atoms with Crippen LogP contribution in [0.1, 0.15) is 91.4 Å². The Morgan fingerprint density at radius 2 is 1.75 bits per heavy atom. The van der Waals surface area contributed by atoms with Crippen molar-refractivity contribution in [2.24, 2.45) is 46.3 Å². The first kappa shape index (κ1) is 20.7. The molecule has 4 saturated carbocycles. The van der Waals surface area contributed by atoms with Crippen LogP contribution in [0.15, 0.2) is 0 Å². The van der Waals surface area contributed by atoms with E-state index in [1.807, 2.05) is 0 Å². The van der Waals surface area contributed by atoms with Crippen LogP contribution in [0.3, 0.4) is 0 Å². The Balaban J connectivity index is 1.48. The summed E-state index contributed by atoms with van der Waals surface area (Å²) in [5, 5.41) is 10.2. The highest BCUT2D eigenvalue weighted by atomic mass is 16.5. The Labute approximate surface area is 172 Å². The number of esters is 1. The van der Waals surface area contributed by atoms with Crippen molar-refractivity contribution in [2.75, 3.05) is 7.11 Å². The number of rotatable bonds is 4. The largest absolute Gasteiger partial charge is 0.469 e. The fourth-order valence-corrected chi connectivity index (χ4v) is 8.86. The van der Waals surface area contributed by atoms with Crippen LogP contribution in [-0.4, -0.2) is 24.3 Å². The zero-order chi connectivity index (χ0) is 20.1. The molecule has 4 aliphatic rings. The Kier molecular flexibility index (Phi) is 5.61. The van der Waals surface area contributed by atoms with Crippen LogP contribution in [-0.2, 0) is 9.53 Å². The molecule has 0 bridgehead atoms. The quantitative estimate of drug-likeness (QED) is 0.636. The van der Waals surface area contributed by atoms with Crippen LogP contribution in [0.25, 0.3) is 0 Å². The molecule has 0 aromatic rings. The first-order valence-electron chi connectivity index (χ1n) is 12.0. The zero-order valence-corrected chi connectivity index (χ0v) is 18.6. The number of ether oxygens (including phenoxy) is 1. The summed E-state index contributed by atoms with van der Waals surface area (Å²) in [6, 6.07) is 0. The van der Waals surface area contributed by atoms with E-state index < -0.39 is 0 Å². The molecule has 160 valence electrons. The summed E-state index contributed by atoms with van der Waals surface area (Å²) >= 11 is 0. The van der Waals surface area contributed by atoms with E-state index in [-0.39, 0.29) is 12.1 Å². The second kappa shape index (κ2) is 7.60. The monoisotopic (exact) mass is 390 g/mol. The summed E-state index contributed by atoms with van der Waals surface area (Å²) in [5.74, 6) is 4.72. The topological polar surface area (TPSA) is 46.5 Å². The molecule has 0 radical (unpaired) electrons. The molecule has 0 spiro atoms. The second-order valence-electron chi connectivity index (χ2n) is 11.4. The van der Waals surface area contributed by atoms with E-state index in [2.05, 4.69) is 20.8 Å². The van der Waals surface area contributed by atoms with Crippen LogP contribution >= 0.6 is 0 Å². The predicted molar refractivity (Wildman–Crippen MR) is 112 cm³/mol. The van der Waals surface area contributed by atoms with Crippen molar-refractivity contribution in [2.45, 2.75) is 97.5 Å². The highest BCUT2D eigenvalue weighted by Crippen LogP contribution is 2.68. The summed E-state index contributed by atoms with van der Waals surface area (Å²) in [7, 11) is 1.50. The maximum Gasteiger partial charge on any atom is 0.305 e. The SMILES string of the molecule is COC(=O)CC[C@@H](C)[C@H]1CC[C@H]2[C@@H]3CC[C@@H]4C[C@H](O)CC[C@]4(C)C3CC[C@]12C. The van der Waals surface area contributed by atoms with Crippen LogP contribution in [0.4, 0.5) is 0 Å². The highest BCUT2D eigenvalue weighted by Gasteiger charge is 2.60. The van der Waals surface area contributed by atoms with Crippen molar-refractivity contribution in [3.8, 4) is 0 Å². The number of carbonyl (C=O) groups is 1. The minimum atomic E-state index is -0.0546. The molecular formula is C25H42O3. The minimum Gasteiger partial charge on any atom is -0.469 e. The van der Waals surface area contributed by atoms with Gasteiger partial charge in [-0.05, 0) is 111 Å². The smallest absolute Gasteiger partial charge is 0.305 e. The van der Waals surface area contributed by atoms with Gasteiger partial charge in [-0.2, -0.15) is 0 Å². The van der Waals surface area contributed by atoms with Gasteiger partial charge in [-0.25, -0.2) is 0 Å². The summed E-state index contributed by atoms with van der Waals surface area (Å²) in [6.45, 7) is 7.56. The van der Waals surface area contributed by atoms with Crippen molar-refractivity contribution >= 4 is 5.97 Å². The molecule has 28 heavy (non-hydrogen) atoms. The van der Waals surface area contributed by atoms with E-state index >= 15 is 0 Å². The molecule has 0 amide bonds. The number of carbonyl (C=O) groups excluding carboxylic acids is 1. The van der Waals surface area contributed by atoms with Gasteiger partial charge in [-0.1, -0.05) is 20.8 Å². The van der Waals surface area contributed by atoms with Gasteiger partial charge in [-0.3, -0.25) is 4.79 Å². The van der Waals surface area contributed by atoms with Gasteiger partial charge in [0.25, 0.3) is 0 Å². The van der Waals surface area contributed by atoms with Gasteiger partial charge in [-0.15, -0.1) is 0 Å². The number of hydrogen-bond acceptors (Lipinski definition) is 3. The summed E-state index contributed by atoms with van der Waals surface area (Å²) in [5.41, 5.74) is 0.937. The third-order valence-corrected chi connectivity index (χ3v) is 10.4. The van der Waals surface area contributed by atoms with Crippen molar-refractivity contribution < 1.29 is 14.6 Å². The molecule has 3 heteroatoms. The lowest BCUT2D eigenvalue weighted by Gasteiger charge is -2.61. The number of methoxy groups -OCH3 is 1. The molecule has 0 saturated heterocycles. The maximum absolute atomic E-state index is 11.6. The Morgan fingerprint density at radius 1 is 1.04 bits per heavy atom. The fourth-order valence-electron chi connectivity index (χ4n) is 8.86. The molecular weight excluding hydrogens is 348 g/mol. The van der Waals surface area contributed by atoms with Crippen molar-refractivity contribution in [1.82, 2.24) is 0 Å². The van der Waals surface area contributed by atoms with E-state index in [1.54, 1.807) is 0 Å². The lowest BCUT2D eigenvalue weighted by atomic mass is 9.44. The normalized spacial score (nSPS) is 48.9. The molecule has 4 aliphatic carbocycles. The van der Waals surface area contributed by atoms with Crippen molar-refractivity contribution in [3.05, 3.63) is 0 Å². The fraction of sp³-hybridized carbons (Fsp3) is 0.960. The first-order valence-corrected chi connectivity index (χ1v) is 12.0. The number of fused-ring (bicyclic) bond motifs is 5. The third kappa shape index (κ3) is 3.24. The Hall–Kier alpha value is -0.570. The predicted octanol–water partition coefficient (Wildman–Crippen LogP) is 5.60. The molecule has 9 atom stereocenters. The van der Waals surface area contributed by atoms with Crippen LogP contribution in [0.5, 0.6) is 0 Å². The van der Waals surface area contributed by atoms with Crippen LogP contribution < -0.4 is 0 Å². The van der Waals surface area contributed by atoms with E-state index in [9.17, 15) is 9.90 Å². The number of aliphatic hydroxyl groups excluding tert-OH is 1. The Bertz CT molecular complexity index is 588. The average Bonchev–Trinajstić information content (AvgIpc) is 3.03. The van der Waals surface area contributed by atoms with Gasteiger partial charge in [0.1, 0.15) is 0 Å². The lowest BCUT2D eigenvalue weighted by Crippen LogP contribution is -2.54. The molecule has 3 nitrogen and oxygen atoms in total. The first-order chi connectivity index (χ1) is 13.3. The van der Waals surface area contributed by atoms with Gasteiger partial charge < -0.3 is 9.84 Å². The molecule has 0 aromatic carbocycles. The Morgan fingerprint density at radius 3 is 2.50 bits per heavy atom. The highest BCUT2D eigenvalue weighted by molar-refractivity contribution is 5.69. The lowest BCUT2D eigenvalue weighted by molar-refractivity contribution is -0.141. The summed E-state index contributed by atoms with van der Waals surface area (Å²) in [6.07, 6.45) is 13.1. The van der Waals surface area contributed by atoms with Gasteiger partial charge in [0.15, 0.2) is 0 Å². The molecule has 1 N–H and O–H groups in total. The van der Waals surface area contributed by atoms with Crippen molar-refractivity contribution in [3.63, 3.8) is 0 Å². The molecule has 1 unspecified atom stereocenters. The number of aliphatic hydroxyl groups is 1. The molecule has 4 rings (SSSR count).